The molecule has 8 heteroatoms. The molecule has 0 aromatic heterocycles. The van der Waals surface area contributed by atoms with Crippen LogP contribution >= 0.6 is 0 Å². The van der Waals surface area contributed by atoms with Crippen LogP contribution in [0.5, 0.6) is 0 Å². The summed E-state index contributed by atoms with van der Waals surface area (Å²) in [6.45, 7) is 6.29. The van der Waals surface area contributed by atoms with Gasteiger partial charge >= 0.3 is 0 Å². The van der Waals surface area contributed by atoms with Crippen LogP contribution in [0.15, 0.2) is 29.2 Å². The maximum atomic E-state index is 12.6. The molecule has 1 N–H and O–H groups in total. The van der Waals surface area contributed by atoms with E-state index in [2.05, 4.69) is 4.72 Å². The van der Waals surface area contributed by atoms with Crippen molar-refractivity contribution in [1.82, 2.24) is 14.5 Å². The van der Waals surface area contributed by atoms with Crippen LogP contribution in [0.3, 0.4) is 0 Å². The Bertz CT molecular complexity index is 710. The minimum atomic E-state index is -3.63. The zero-order valence-electron chi connectivity index (χ0n) is 14.6. The number of carbonyl (C=O) groups excluding carboxylic acids is 2. The largest absolute Gasteiger partial charge is 0.342 e. The molecule has 2 rings (SSSR count). The Labute approximate surface area is 149 Å². The highest BCUT2D eigenvalue weighted by Crippen LogP contribution is 2.15. The van der Waals surface area contributed by atoms with Gasteiger partial charge in [-0.1, -0.05) is 19.9 Å². The van der Waals surface area contributed by atoms with Crippen molar-refractivity contribution >= 4 is 22.3 Å². The number of piperazine rings is 1. The molecule has 1 saturated heterocycles. The first-order valence-electron chi connectivity index (χ1n) is 8.42. The molecular formula is C17H25N3O4S. The monoisotopic (exact) mass is 367 g/mol. The molecule has 25 heavy (non-hydrogen) atoms. The van der Waals surface area contributed by atoms with Crippen LogP contribution in [0.25, 0.3) is 0 Å². The molecule has 0 aliphatic carbocycles. The molecule has 0 saturated carbocycles. The summed E-state index contributed by atoms with van der Waals surface area (Å²) >= 11 is 0. The Kier molecular flexibility index (Phi) is 6.55. The molecule has 1 aliphatic heterocycles. The molecule has 1 heterocycles. The van der Waals surface area contributed by atoms with Crippen molar-refractivity contribution in [3.05, 3.63) is 29.8 Å². The first-order chi connectivity index (χ1) is 11.8. The van der Waals surface area contributed by atoms with Crippen molar-refractivity contribution in [2.24, 2.45) is 5.92 Å². The SMILES string of the molecule is CC(C)CCNS(=O)(=O)c1cccc(C(=O)N2CCN(C=O)CC2)c1. The van der Waals surface area contributed by atoms with Gasteiger partial charge in [0, 0.05) is 38.3 Å². The highest BCUT2D eigenvalue weighted by Gasteiger charge is 2.23. The fourth-order valence-electron chi connectivity index (χ4n) is 2.57. The van der Waals surface area contributed by atoms with Gasteiger partial charge in [-0.25, -0.2) is 13.1 Å². The van der Waals surface area contributed by atoms with Gasteiger partial charge in [0.15, 0.2) is 0 Å². The van der Waals surface area contributed by atoms with Crippen molar-refractivity contribution < 1.29 is 18.0 Å². The molecular weight excluding hydrogens is 342 g/mol. The lowest BCUT2D eigenvalue weighted by molar-refractivity contribution is -0.119. The summed E-state index contributed by atoms with van der Waals surface area (Å²) in [6.07, 6.45) is 1.52. The molecule has 7 nitrogen and oxygen atoms in total. The molecule has 1 aromatic carbocycles. The minimum absolute atomic E-state index is 0.0913. The van der Waals surface area contributed by atoms with Gasteiger partial charge in [-0.05, 0) is 30.5 Å². The summed E-state index contributed by atoms with van der Waals surface area (Å²) in [5.41, 5.74) is 0.339. The van der Waals surface area contributed by atoms with E-state index in [9.17, 15) is 18.0 Å². The Balaban J connectivity index is 2.07. The number of nitrogens with one attached hydrogen (secondary N) is 1. The lowest BCUT2D eigenvalue weighted by Gasteiger charge is -2.32. The van der Waals surface area contributed by atoms with Crippen LogP contribution in [0, 0.1) is 5.92 Å². The van der Waals surface area contributed by atoms with Crippen LogP contribution in [0.4, 0.5) is 0 Å². The molecule has 0 spiro atoms. The summed E-state index contributed by atoms with van der Waals surface area (Å²) in [6, 6.07) is 6.08. The average Bonchev–Trinajstić information content (AvgIpc) is 2.61. The van der Waals surface area contributed by atoms with Gasteiger partial charge in [0.05, 0.1) is 4.90 Å². The van der Waals surface area contributed by atoms with Gasteiger partial charge in [0.2, 0.25) is 16.4 Å². The molecule has 1 fully saturated rings. The third-order valence-electron chi connectivity index (χ3n) is 4.16. The van der Waals surface area contributed by atoms with Gasteiger partial charge in [-0.15, -0.1) is 0 Å². The van der Waals surface area contributed by atoms with E-state index in [1.807, 2.05) is 13.8 Å². The van der Waals surface area contributed by atoms with Gasteiger partial charge in [-0.3, -0.25) is 9.59 Å². The molecule has 0 radical (unpaired) electrons. The van der Waals surface area contributed by atoms with E-state index in [0.717, 1.165) is 12.8 Å². The first kappa shape index (κ1) is 19.4. The lowest BCUT2D eigenvalue weighted by atomic mass is 10.1. The maximum absolute atomic E-state index is 12.6. The second-order valence-corrected chi connectivity index (χ2v) is 8.31. The predicted octanol–water partition coefficient (Wildman–Crippen LogP) is 0.925. The quantitative estimate of drug-likeness (QED) is 0.726. The smallest absolute Gasteiger partial charge is 0.254 e. The van der Waals surface area contributed by atoms with Crippen LogP contribution in [-0.4, -0.2) is 63.3 Å². The highest BCUT2D eigenvalue weighted by molar-refractivity contribution is 7.89. The van der Waals surface area contributed by atoms with Gasteiger partial charge in [0.25, 0.3) is 5.91 Å². The summed E-state index contributed by atoms with van der Waals surface area (Å²) < 4.78 is 27.3. The second-order valence-electron chi connectivity index (χ2n) is 6.54. The van der Waals surface area contributed by atoms with Crippen LogP contribution in [-0.2, 0) is 14.8 Å². The highest BCUT2D eigenvalue weighted by atomic mass is 32.2. The average molecular weight is 367 g/mol. The van der Waals surface area contributed by atoms with Crippen LogP contribution in [0.1, 0.15) is 30.6 Å². The Morgan fingerprint density at radius 2 is 1.92 bits per heavy atom. The van der Waals surface area contributed by atoms with Crippen LogP contribution in [0.2, 0.25) is 0 Å². The standard InChI is InChI=1S/C17H25N3O4S/c1-14(2)6-7-18-25(23,24)16-5-3-4-15(12-16)17(22)20-10-8-19(13-21)9-11-20/h3-5,12-14,18H,6-11H2,1-2H3. The fraction of sp³-hybridized carbons (Fsp3) is 0.529. The van der Waals surface area contributed by atoms with E-state index in [0.29, 0.717) is 44.2 Å². The molecule has 2 amide bonds. The van der Waals surface area contributed by atoms with Crippen molar-refractivity contribution in [3.63, 3.8) is 0 Å². The summed E-state index contributed by atoms with van der Waals surface area (Å²) in [7, 11) is -3.63. The number of hydrogen-bond donors (Lipinski definition) is 1. The summed E-state index contributed by atoms with van der Waals surface area (Å²) in [5, 5.41) is 0. The third-order valence-corrected chi connectivity index (χ3v) is 5.61. The van der Waals surface area contributed by atoms with Gasteiger partial charge < -0.3 is 9.80 Å². The number of sulfonamides is 1. The van der Waals surface area contributed by atoms with E-state index < -0.39 is 10.0 Å². The van der Waals surface area contributed by atoms with Crippen molar-refractivity contribution in [2.45, 2.75) is 25.2 Å². The van der Waals surface area contributed by atoms with Crippen molar-refractivity contribution in [3.8, 4) is 0 Å². The number of nitrogens with zero attached hydrogens (tertiary/aromatic N) is 2. The molecule has 1 aromatic rings. The van der Waals surface area contributed by atoms with E-state index in [-0.39, 0.29) is 10.8 Å². The molecule has 0 unspecified atom stereocenters. The normalized spacial score (nSPS) is 15.5. The minimum Gasteiger partial charge on any atom is -0.342 e. The van der Waals surface area contributed by atoms with Crippen molar-refractivity contribution in [2.75, 3.05) is 32.7 Å². The van der Waals surface area contributed by atoms with E-state index in [1.165, 1.54) is 12.1 Å². The van der Waals surface area contributed by atoms with E-state index >= 15 is 0 Å². The number of carbonyl (C=O) groups is 2. The first-order valence-corrected chi connectivity index (χ1v) is 9.90. The Morgan fingerprint density at radius 1 is 1.24 bits per heavy atom. The summed E-state index contributed by atoms with van der Waals surface area (Å²) in [4.78, 5) is 26.7. The zero-order chi connectivity index (χ0) is 18.4. The third kappa shape index (κ3) is 5.27. The second kappa shape index (κ2) is 8.44. The van der Waals surface area contributed by atoms with Gasteiger partial charge in [0.1, 0.15) is 0 Å². The number of benzene rings is 1. The zero-order valence-corrected chi connectivity index (χ0v) is 15.5. The number of rotatable bonds is 7. The Morgan fingerprint density at radius 3 is 2.52 bits per heavy atom. The van der Waals surface area contributed by atoms with Gasteiger partial charge in [-0.2, -0.15) is 0 Å². The topological polar surface area (TPSA) is 86.8 Å². The van der Waals surface area contributed by atoms with Crippen molar-refractivity contribution in [1.29, 1.82) is 0 Å². The predicted molar refractivity (Wildman–Crippen MR) is 94.6 cm³/mol. The molecule has 138 valence electrons. The van der Waals surface area contributed by atoms with Crippen LogP contribution < -0.4 is 4.72 Å². The fourth-order valence-corrected chi connectivity index (χ4v) is 3.67. The maximum Gasteiger partial charge on any atom is 0.254 e. The molecule has 0 bridgehead atoms. The molecule has 0 atom stereocenters. The number of hydrogen-bond acceptors (Lipinski definition) is 4. The van der Waals surface area contributed by atoms with E-state index in [1.54, 1.807) is 21.9 Å². The Hall–Kier alpha value is -1.93. The number of amides is 2. The molecule has 1 aliphatic rings. The lowest BCUT2D eigenvalue weighted by Crippen LogP contribution is -2.48. The van der Waals surface area contributed by atoms with E-state index in [4.69, 9.17) is 0 Å². The summed E-state index contributed by atoms with van der Waals surface area (Å²) in [5.74, 6) is 0.186.